The van der Waals surface area contributed by atoms with Crippen LogP contribution in [-0.2, 0) is 4.74 Å². The Morgan fingerprint density at radius 3 is 3.00 bits per heavy atom. The summed E-state index contributed by atoms with van der Waals surface area (Å²) in [6, 6.07) is 2.96. The van der Waals surface area contributed by atoms with Crippen molar-refractivity contribution in [1.82, 2.24) is 0 Å². The van der Waals surface area contributed by atoms with Crippen LogP contribution in [0.2, 0.25) is 5.02 Å². The lowest BCUT2D eigenvalue weighted by Crippen LogP contribution is -2.25. The van der Waals surface area contributed by atoms with E-state index in [0.717, 1.165) is 19.4 Å². The molecule has 1 atom stereocenters. The minimum absolute atomic E-state index is 0.0988. The van der Waals surface area contributed by atoms with E-state index in [4.69, 9.17) is 22.1 Å². The molecule has 104 valence electrons. The maximum Gasteiger partial charge on any atom is 0.337 e. The van der Waals surface area contributed by atoms with Gasteiger partial charge in [-0.25, -0.2) is 4.79 Å². The highest BCUT2D eigenvalue weighted by atomic mass is 35.5. The Morgan fingerprint density at radius 2 is 2.37 bits per heavy atom. The lowest BCUT2D eigenvalue weighted by atomic mass is 10.0. The van der Waals surface area contributed by atoms with Crippen molar-refractivity contribution >= 4 is 28.9 Å². The molecule has 4 N–H and O–H groups in total. The summed E-state index contributed by atoms with van der Waals surface area (Å²) >= 11 is 6.06. The summed E-state index contributed by atoms with van der Waals surface area (Å²) in [5.41, 5.74) is 6.47. The summed E-state index contributed by atoms with van der Waals surface area (Å²) in [6.07, 6.45) is 2.11. The molecule has 0 bridgehead atoms. The Kier molecular flexibility index (Phi) is 4.50. The SMILES string of the molecule is Nc1cc(Cl)c(NCC2CCCOC2)c(C(=O)O)c1. The molecule has 1 aliphatic heterocycles. The van der Waals surface area contributed by atoms with E-state index in [1.54, 1.807) is 6.07 Å². The number of hydrogen-bond donors (Lipinski definition) is 3. The van der Waals surface area contributed by atoms with Gasteiger partial charge in [0, 0.05) is 18.8 Å². The van der Waals surface area contributed by atoms with Gasteiger partial charge in [-0.2, -0.15) is 0 Å². The quantitative estimate of drug-likeness (QED) is 0.740. The van der Waals surface area contributed by atoms with Crippen molar-refractivity contribution in [1.29, 1.82) is 0 Å². The van der Waals surface area contributed by atoms with Gasteiger partial charge in [0.1, 0.15) is 0 Å². The van der Waals surface area contributed by atoms with E-state index in [2.05, 4.69) is 5.32 Å². The normalized spacial score (nSPS) is 19.1. The number of benzene rings is 1. The number of nitrogens with one attached hydrogen (secondary N) is 1. The zero-order chi connectivity index (χ0) is 13.8. The molecule has 1 aromatic carbocycles. The maximum absolute atomic E-state index is 11.2. The smallest absolute Gasteiger partial charge is 0.337 e. The third kappa shape index (κ3) is 3.52. The molecule has 19 heavy (non-hydrogen) atoms. The molecule has 1 aliphatic rings. The maximum atomic E-state index is 11.2. The van der Waals surface area contributed by atoms with Crippen molar-refractivity contribution < 1.29 is 14.6 Å². The van der Waals surface area contributed by atoms with E-state index < -0.39 is 5.97 Å². The standard InChI is InChI=1S/C13H17ClN2O3/c14-11-5-9(15)4-10(13(17)18)12(11)16-6-8-2-1-3-19-7-8/h4-5,8,16H,1-3,6-7,15H2,(H,17,18). The van der Waals surface area contributed by atoms with E-state index in [1.807, 2.05) is 0 Å². The van der Waals surface area contributed by atoms with Crippen LogP contribution in [0.1, 0.15) is 23.2 Å². The first-order valence-electron chi connectivity index (χ1n) is 6.22. The number of aromatic carboxylic acids is 1. The third-order valence-electron chi connectivity index (χ3n) is 3.17. The van der Waals surface area contributed by atoms with Crippen LogP contribution < -0.4 is 11.1 Å². The Balaban J connectivity index is 2.12. The summed E-state index contributed by atoms with van der Waals surface area (Å²) in [5, 5.41) is 12.6. The van der Waals surface area contributed by atoms with Crippen molar-refractivity contribution in [2.75, 3.05) is 30.8 Å². The summed E-state index contributed by atoms with van der Waals surface area (Å²) in [5.74, 6) is -0.666. The van der Waals surface area contributed by atoms with Gasteiger partial charge in [0.15, 0.2) is 0 Å². The molecular weight excluding hydrogens is 268 g/mol. The predicted octanol–water partition coefficient (Wildman–Crippen LogP) is 2.46. The number of ether oxygens (including phenoxy) is 1. The Morgan fingerprint density at radius 1 is 1.58 bits per heavy atom. The molecule has 1 saturated heterocycles. The lowest BCUT2D eigenvalue weighted by Gasteiger charge is -2.23. The number of carbonyl (C=O) groups is 1. The van der Waals surface area contributed by atoms with E-state index in [1.165, 1.54) is 6.07 Å². The van der Waals surface area contributed by atoms with Crippen molar-refractivity contribution in [3.05, 3.63) is 22.7 Å². The second kappa shape index (κ2) is 6.12. The predicted molar refractivity (Wildman–Crippen MR) is 74.9 cm³/mol. The van der Waals surface area contributed by atoms with E-state index in [9.17, 15) is 9.90 Å². The molecule has 1 unspecified atom stereocenters. The molecule has 0 aliphatic carbocycles. The highest BCUT2D eigenvalue weighted by Gasteiger charge is 2.18. The minimum Gasteiger partial charge on any atom is -0.478 e. The van der Waals surface area contributed by atoms with Gasteiger partial charge >= 0.3 is 5.97 Å². The van der Waals surface area contributed by atoms with Gasteiger partial charge in [0.25, 0.3) is 0 Å². The molecule has 0 spiro atoms. The first-order valence-corrected chi connectivity index (χ1v) is 6.59. The summed E-state index contributed by atoms with van der Waals surface area (Å²) in [4.78, 5) is 11.2. The number of hydrogen-bond acceptors (Lipinski definition) is 4. The number of carboxylic acid groups (broad SMARTS) is 1. The molecule has 2 rings (SSSR count). The Hall–Kier alpha value is -1.46. The van der Waals surface area contributed by atoms with Crippen LogP contribution in [0.4, 0.5) is 11.4 Å². The molecule has 0 saturated carbocycles. The molecule has 6 heteroatoms. The van der Waals surface area contributed by atoms with Crippen molar-refractivity contribution in [2.45, 2.75) is 12.8 Å². The number of halogens is 1. The summed E-state index contributed by atoms with van der Waals surface area (Å²) in [6.45, 7) is 2.14. The van der Waals surface area contributed by atoms with Crippen LogP contribution in [0, 0.1) is 5.92 Å². The monoisotopic (exact) mass is 284 g/mol. The Labute approximate surface area is 116 Å². The topological polar surface area (TPSA) is 84.6 Å². The number of rotatable bonds is 4. The first-order chi connectivity index (χ1) is 9.08. The number of anilines is 2. The van der Waals surface area contributed by atoms with Gasteiger partial charge in [-0.15, -0.1) is 0 Å². The fourth-order valence-corrected chi connectivity index (χ4v) is 2.49. The fraction of sp³-hybridized carbons (Fsp3) is 0.462. The van der Waals surface area contributed by atoms with Gasteiger partial charge < -0.3 is 20.9 Å². The molecule has 1 fully saturated rings. The van der Waals surface area contributed by atoms with E-state index >= 15 is 0 Å². The fourth-order valence-electron chi connectivity index (χ4n) is 2.19. The summed E-state index contributed by atoms with van der Waals surface area (Å²) in [7, 11) is 0. The van der Waals surface area contributed by atoms with E-state index in [-0.39, 0.29) is 5.56 Å². The largest absolute Gasteiger partial charge is 0.478 e. The van der Waals surface area contributed by atoms with Crippen molar-refractivity contribution in [3.8, 4) is 0 Å². The zero-order valence-electron chi connectivity index (χ0n) is 10.5. The van der Waals surface area contributed by atoms with Crippen LogP contribution in [0.15, 0.2) is 12.1 Å². The minimum atomic E-state index is -1.04. The highest BCUT2D eigenvalue weighted by Crippen LogP contribution is 2.30. The van der Waals surface area contributed by atoms with Gasteiger partial charge in [0.2, 0.25) is 0 Å². The third-order valence-corrected chi connectivity index (χ3v) is 3.46. The Bertz CT molecular complexity index is 473. The van der Waals surface area contributed by atoms with E-state index in [0.29, 0.717) is 35.5 Å². The van der Waals surface area contributed by atoms with Gasteiger partial charge in [-0.1, -0.05) is 11.6 Å². The highest BCUT2D eigenvalue weighted by molar-refractivity contribution is 6.34. The van der Waals surface area contributed by atoms with Crippen LogP contribution >= 0.6 is 11.6 Å². The first kappa shape index (κ1) is 14.0. The molecular formula is C13H17ClN2O3. The van der Waals surface area contributed by atoms with Crippen molar-refractivity contribution in [3.63, 3.8) is 0 Å². The van der Waals surface area contributed by atoms with Crippen molar-refractivity contribution in [2.24, 2.45) is 5.92 Å². The number of nitrogen functional groups attached to an aromatic ring is 1. The van der Waals surface area contributed by atoms with Crippen LogP contribution in [0.3, 0.4) is 0 Å². The second-order valence-corrected chi connectivity index (χ2v) is 5.10. The lowest BCUT2D eigenvalue weighted by molar-refractivity contribution is 0.0595. The van der Waals surface area contributed by atoms with Crippen LogP contribution in [0.25, 0.3) is 0 Å². The molecule has 1 heterocycles. The average molecular weight is 285 g/mol. The molecule has 0 aromatic heterocycles. The van der Waals surface area contributed by atoms with Crippen LogP contribution in [-0.4, -0.2) is 30.8 Å². The second-order valence-electron chi connectivity index (χ2n) is 4.69. The van der Waals surface area contributed by atoms with Gasteiger partial charge in [-0.3, -0.25) is 0 Å². The molecule has 0 radical (unpaired) electrons. The molecule has 1 aromatic rings. The van der Waals surface area contributed by atoms with Gasteiger partial charge in [0.05, 0.1) is 22.9 Å². The summed E-state index contributed by atoms with van der Waals surface area (Å²) < 4.78 is 5.39. The average Bonchev–Trinajstić information content (AvgIpc) is 2.38. The number of carboxylic acids is 1. The van der Waals surface area contributed by atoms with Crippen LogP contribution in [0.5, 0.6) is 0 Å². The molecule has 5 nitrogen and oxygen atoms in total. The number of nitrogens with two attached hydrogens (primary N) is 1. The zero-order valence-corrected chi connectivity index (χ0v) is 11.2. The van der Waals surface area contributed by atoms with Gasteiger partial charge in [-0.05, 0) is 30.9 Å². The molecule has 0 amide bonds.